The van der Waals surface area contributed by atoms with Crippen LogP contribution in [0.3, 0.4) is 0 Å². The Hall–Kier alpha value is -3.13. The summed E-state index contributed by atoms with van der Waals surface area (Å²) in [5.41, 5.74) is 8.78. The molecule has 0 saturated carbocycles. The van der Waals surface area contributed by atoms with Gasteiger partial charge in [-0.25, -0.2) is 0 Å². The Morgan fingerprint density at radius 1 is 1.03 bits per heavy atom. The van der Waals surface area contributed by atoms with E-state index in [9.17, 15) is 4.79 Å². The second-order valence-electron chi connectivity index (χ2n) is 6.29. The van der Waals surface area contributed by atoms with Gasteiger partial charge < -0.3 is 16.4 Å². The predicted molar refractivity (Wildman–Crippen MR) is 119 cm³/mol. The fraction of sp³-hybridized carbons (Fsp3) is 0.238. The summed E-state index contributed by atoms with van der Waals surface area (Å²) in [5, 5.41) is 6.10. The molecule has 1 heterocycles. The number of hydrogen-bond donors (Lipinski definition) is 3. The molecule has 4 N–H and O–H groups in total. The first-order valence-corrected chi connectivity index (χ1v) is 10.6. The van der Waals surface area contributed by atoms with Crippen molar-refractivity contribution in [3.63, 3.8) is 0 Å². The van der Waals surface area contributed by atoms with Gasteiger partial charge in [-0.2, -0.15) is 26.7 Å². The number of para-hydroxylation sites is 2. The van der Waals surface area contributed by atoms with Gasteiger partial charge >= 0.3 is 0 Å². The molecule has 0 saturated heterocycles. The molecule has 0 aliphatic heterocycles. The summed E-state index contributed by atoms with van der Waals surface area (Å²) in [7, 11) is 0. The molecule has 150 valence electrons. The fourth-order valence-electron chi connectivity index (χ4n) is 2.70. The first kappa shape index (κ1) is 20.6. The van der Waals surface area contributed by atoms with E-state index in [-0.39, 0.29) is 11.9 Å². The summed E-state index contributed by atoms with van der Waals surface area (Å²) in [5.74, 6) is 2.38. The Balaban J connectivity index is 1.51. The Morgan fingerprint density at radius 3 is 2.59 bits per heavy atom. The van der Waals surface area contributed by atoms with Crippen molar-refractivity contribution in [2.24, 2.45) is 0 Å². The Labute approximate surface area is 174 Å². The number of benzene rings is 2. The molecule has 0 atom stereocenters. The highest BCUT2D eigenvalue weighted by atomic mass is 32.2. The Bertz CT molecular complexity index is 951. The van der Waals surface area contributed by atoms with Crippen LogP contribution in [0.4, 0.5) is 23.3 Å². The zero-order valence-electron chi connectivity index (χ0n) is 16.3. The van der Waals surface area contributed by atoms with Crippen LogP contribution in [0.25, 0.3) is 0 Å². The van der Waals surface area contributed by atoms with E-state index in [0.29, 0.717) is 29.7 Å². The summed E-state index contributed by atoms with van der Waals surface area (Å²) in [6.07, 6.45) is 1.31. The first-order valence-electron chi connectivity index (χ1n) is 9.42. The van der Waals surface area contributed by atoms with Gasteiger partial charge in [-0.3, -0.25) is 4.79 Å². The lowest BCUT2D eigenvalue weighted by atomic mass is 10.1. The third-order valence-corrected chi connectivity index (χ3v) is 5.06. The molecular formula is C21H24N6OS. The molecule has 1 amide bonds. The maximum Gasteiger partial charge on any atom is 0.232 e. The number of carbonyl (C=O) groups is 1. The summed E-state index contributed by atoms with van der Waals surface area (Å²) in [6, 6.07) is 17.4. The van der Waals surface area contributed by atoms with Gasteiger partial charge in [0.25, 0.3) is 0 Å². The number of nitrogens with two attached hydrogens (primary N) is 1. The van der Waals surface area contributed by atoms with Crippen molar-refractivity contribution in [3.8, 4) is 0 Å². The lowest BCUT2D eigenvalue weighted by Gasteiger charge is -2.10. The Kier molecular flexibility index (Phi) is 7.40. The normalized spacial score (nSPS) is 10.5. The zero-order valence-corrected chi connectivity index (χ0v) is 17.1. The molecule has 3 aromatic rings. The van der Waals surface area contributed by atoms with E-state index in [1.807, 2.05) is 48.5 Å². The van der Waals surface area contributed by atoms with Crippen molar-refractivity contribution in [1.82, 2.24) is 15.0 Å². The SMILES string of the molecule is CCc1ccccc1Nc1nc(N)nc(CSCCC(=O)Nc2ccccc2)n1. The topological polar surface area (TPSA) is 106 Å². The molecule has 8 heteroatoms. The molecule has 0 unspecified atom stereocenters. The van der Waals surface area contributed by atoms with Gasteiger partial charge in [0.05, 0.1) is 5.75 Å². The molecule has 1 aromatic heterocycles. The van der Waals surface area contributed by atoms with Crippen LogP contribution in [0, 0.1) is 0 Å². The highest BCUT2D eigenvalue weighted by molar-refractivity contribution is 7.98. The average molecular weight is 409 g/mol. The lowest BCUT2D eigenvalue weighted by molar-refractivity contribution is -0.115. The van der Waals surface area contributed by atoms with E-state index in [1.54, 1.807) is 11.8 Å². The van der Waals surface area contributed by atoms with Gasteiger partial charge in [0.1, 0.15) is 5.82 Å². The highest BCUT2D eigenvalue weighted by Gasteiger charge is 2.08. The predicted octanol–water partition coefficient (Wildman–Crippen LogP) is 4.02. The van der Waals surface area contributed by atoms with E-state index in [2.05, 4.69) is 38.6 Å². The average Bonchev–Trinajstić information content (AvgIpc) is 2.72. The molecule has 7 nitrogen and oxygen atoms in total. The van der Waals surface area contributed by atoms with Crippen LogP contribution in [0.15, 0.2) is 54.6 Å². The van der Waals surface area contributed by atoms with Gasteiger partial charge in [0.2, 0.25) is 17.8 Å². The molecule has 0 radical (unpaired) electrons. The molecule has 29 heavy (non-hydrogen) atoms. The van der Waals surface area contributed by atoms with Crippen LogP contribution in [-0.2, 0) is 17.0 Å². The number of amides is 1. The molecular weight excluding hydrogens is 384 g/mol. The van der Waals surface area contributed by atoms with Crippen molar-refractivity contribution >= 4 is 40.9 Å². The van der Waals surface area contributed by atoms with Crippen LogP contribution >= 0.6 is 11.8 Å². The van der Waals surface area contributed by atoms with Crippen molar-refractivity contribution in [2.45, 2.75) is 25.5 Å². The summed E-state index contributed by atoms with van der Waals surface area (Å²) < 4.78 is 0. The maximum absolute atomic E-state index is 12.0. The molecule has 0 aliphatic rings. The summed E-state index contributed by atoms with van der Waals surface area (Å²) >= 11 is 1.58. The largest absolute Gasteiger partial charge is 0.368 e. The zero-order chi connectivity index (χ0) is 20.5. The minimum atomic E-state index is -0.0163. The second-order valence-corrected chi connectivity index (χ2v) is 7.39. The summed E-state index contributed by atoms with van der Waals surface area (Å²) in [6.45, 7) is 2.10. The molecule has 0 spiro atoms. The van der Waals surface area contributed by atoms with Gasteiger partial charge in [-0.05, 0) is 30.2 Å². The number of nitrogen functional groups attached to an aromatic ring is 1. The van der Waals surface area contributed by atoms with Gasteiger partial charge in [0, 0.05) is 23.5 Å². The highest BCUT2D eigenvalue weighted by Crippen LogP contribution is 2.20. The standard InChI is InChI=1S/C21H24N6OS/c1-2-15-8-6-7-11-17(15)24-21-26-18(25-20(22)27-21)14-29-13-12-19(28)23-16-9-4-3-5-10-16/h3-11H,2,12-14H2,1H3,(H,23,28)(H3,22,24,25,26,27). The van der Waals surface area contributed by atoms with Gasteiger partial charge in [-0.1, -0.05) is 43.3 Å². The quantitative estimate of drug-likeness (QED) is 0.459. The first-order chi connectivity index (χ1) is 14.1. The van der Waals surface area contributed by atoms with Crippen LogP contribution in [0.5, 0.6) is 0 Å². The maximum atomic E-state index is 12.0. The Morgan fingerprint density at radius 2 is 1.79 bits per heavy atom. The van der Waals surface area contributed by atoms with E-state index < -0.39 is 0 Å². The number of nitrogens with one attached hydrogen (secondary N) is 2. The van der Waals surface area contributed by atoms with Crippen LogP contribution < -0.4 is 16.4 Å². The van der Waals surface area contributed by atoms with Crippen molar-refractivity contribution in [3.05, 3.63) is 66.0 Å². The third-order valence-electron chi connectivity index (χ3n) is 4.11. The lowest BCUT2D eigenvalue weighted by Crippen LogP contribution is -2.12. The van der Waals surface area contributed by atoms with E-state index in [1.165, 1.54) is 5.56 Å². The minimum absolute atomic E-state index is 0.0163. The van der Waals surface area contributed by atoms with Crippen LogP contribution in [0.1, 0.15) is 24.7 Å². The van der Waals surface area contributed by atoms with Crippen molar-refractivity contribution < 1.29 is 4.79 Å². The van der Waals surface area contributed by atoms with E-state index in [4.69, 9.17) is 5.73 Å². The molecule has 2 aromatic carbocycles. The fourth-order valence-corrected chi connectivity index (χ4v) is 3.49. The van der Waals surface area contributed by atoms with Gasteiger partial charge in [-0.15, -0.1) is 0 Å². The third kappa shape index (κ3) is 6.46. The smallest absolute Gasteiger partial charge is 0.232 e. The van der Waals surface area contributed by atoms with Gasteiger partial charge in [0.15, 0.2) is 0 Å². The number of aromatic nitrogens is 3. The van der Waals surface area contributed by atoms with Crippen LogP contribution in [-0.4, -0.2) is 26.6 Å². The number of thioether (sulfide) groups is 1. The van der Waals surface area contributed by atoms with E-state index >= 15 is 0 Å². The number of aryl methyl sites for hydroxylation is 1. The monoisotopic (exact) mass is 408 g/mol. The van der Waals surface area contributed by atoms with Crippen LogP contribution in [0.2, 0.25) is 0 Å². The number of anilines is 4. The number of hydrogen-bond acceptors (Lipinski definition) is 7. The number of nitrogens with zero attached hydrogens (tertiary/aromatic N) is 3. The molecule has 3 rings (SSSR count). The molecule has 0 aliphatic carbocycles. The molecule has 0 bridgehead atoms. The number of carbonyl (C=O) groups excluding carboxylic acids is 1. The second kappa shape index (κ2) is 10.4. The minimum Gasteiger partial charge on any atom is -0.368 e. The molecule has 0 fully saturated rings. The van der Waals surface area contributed by atoms with E-state index in [0.717, 1.165) is 17.8 Å². The summed E-state index contributed by atoms with van der Waals surface area (Å²) in [4.78, 5) is 24.8. The van der Waals surface area contributed by atoms with Crippen molar-refractivity contribution in [1.29, 1.82) is 0 Å². The number of rotatable bonds is 9. The van der Waals surface area contributed by atoms with Crippen molar-refractivity contribution in [2.75, 3.05) is 22.1 Å².